The molecule has 110 valence electrons. The lowest BCUT2D eigenvalue weighted by Gasteiger charge is -2.32. The third kappa shape index (κ3) is 3.10. The van der Waals surface area contributed by atoms with E-state index in [0.29, 0.717) is 18.0 Å². The molecule has 0 bridgehead atoms. The van der Waals surface area contributed by atoms with E-state index < -0.39 is 0 Å². The summed E-state index contributed by atoms with van der Waals surface area (Å²) in [5.41, 5.74) is 1.19. The molecule has 0 spiro atoms. The number of amides is 1. The third-order valence-electron chi connectivity index (χ3n) is 3.46. The molecule has 0 radical (unpaired) electrons. The summed E-state index contributed by atoms with van der Waals surface area (Å²) in [6, 6.07) is 8.20. The molecule has 0 unspecified atom stereocenters. The number of hydrogen-bond donors (Lipinski definition) is 0. The Bertz CT molecular complexity index is 618. The molecule has 1 aliphatic heterocycles. The van der Waals surface area contributed by atoms with Gasteiger partial charge in [0.05, 0.1) is 16.6 Å². The van der Waals surface area contributed by atoms with Crippen molar-refractivity contribution in [1.29, 1.82) is 0 Å². The topological polar surface area (TPSA) is 46.3 Å². The summed E-state index contributed by atoms with van der Waals surface area (Å²) in [4.78, 5) is 14.1. The van der Waals surface area contributed by atoms with Gasteiger partial charge in [0, 0.05) is 18.4 Å². The van der Waals surface area contributed by atoms with Crippen LogP contribution >= 0.6 is 11.8 Å². The molecule has 1 atom stereocenters. The van der Waals surface area contributed by atoms with E-state index in [1.807, 2.05) is 0 Å². The summed E-state index contributed by atoms with van der Waals surface area (Å²) in [5, 5.41) is 3.68. The van der Waals surface area contributed by atoms with Gasteiger partial charge < -0.3 is 9.42 Å². The van der Waals surface area contributed by atoms with E-state index in [1.54, 1.807) is 29.2 Å². The number of rotatable bonds is 4. The lowest BCUT2D eigenvalue weighted by molar-refractivity contribution is -0.119. The Labute approximate surface area is 126 Å². The van der Waals surface area contributed by atoms with Crippen LogP contribution < -0.4 is 4.90 Å². The van der Waals surface area contributed by atoms with Crippen molar-refractivity contribution >= 4 is 23.4 Å². The molecule has 4 nitrogen and oxygen atoms in total. The number of benzene rings is 1. The van der Waals surface area contributed by atoms with Gasteiger partial charge in [-0.25, -0.2) is 4.39 Å². The number of nitrogens with zero attached hydrogens (tertiary/aromatic N) is 2. The molecule has 0 N–H and O–H groups in total. The first kappa shape index (κ1) is 14.1. The summed E-state index contributed by atoms with van der Waals surface area (Å²) < 4.78 is 18.6. The fourth-order valence-electron chi connectivity index (χ4n) is 2.40. The SMILES string of the molecule is O=C1[C@H](SCc2ccon2)CCCN1c1ccccc1F. The average molecular weight is 306 g/mol. The molecule has 21 heavy (non-hydrogen) atoms. The number of anilines is 1. The minimum absolute atomic E-state index is 0.0279. The second-order valence-electron chi connectivity index (χ2n) is 4.87. The van der Waals surface area contributed by atoms with Gasteiger partial charge in [0.15, 0.2) is 0 Å². The molecule has 0 saturated carbocycles. The normalized spacial score (nSPS) is 19.0. The van der Waals surface area contributed by atoms with Crippen LogP contribution in [0.5, 0.6) is 0 Å². The van der Waals surface area contributed by atoms with Crippen LogP contribution in [0, 0.1) is 5.82 Å². The van der Waals surface area contributed by atoms with E-state index >= 15 is 0 Å². The molecule has 1 saturated heterocycles. The number of carbonyl (C=O) groups excluding carboxylic acids is 1. The van der Waals surface area contributed by atoms with Crippen LogP contribution in [-0.2, 0) is 10.5 Å². The van der Waals surface area contributed by atoms with Crippen LogP contribution in [0.15, 0.2) is 41.1 Å². The number of para-hydroxylation sites is 1. The van der Waals surface area contributed by atoms with Crippen molar-refractivity contribution in [2.24, 2.45) is 0 Å². The first-order valence-corrected chi connectivity index (χ1v) is 7.87. The van der Waals surface area contributed by atoms with Crippen molar-refractivity contribution in [3.8, 4) is 0 Å². The molecule has 1 fully saturated rings. The quantitative estimate of drug-likeness (QED) is 0.870. The van der Waals surface area contributed by atoms with Gasteiger partial charge >= 0.3 is 0 Å². The zero-order valence-electron chi connectivity index (χ0n) is 11.4. The van der Waals surface area contributed by atoms with Gasteiger partial charge in [-0.1, -0.05) is 17.3 Å². The molecule has 1 aliphatic rings. The van der Waals surface area contributed by atoms with E-state index in [1.165, 1.54) is 24.1 Å². The molecular formula is C15H15FN2O2S. The van der Waals surface area contributed by atoms with Gasteiger partial charge in [-0.3, -0.25) is 4.79 Å². The summed E-state index contributed by atoms with van der Waals surface area (Å²) >= 11 is 1.53. The lowest BCUT2D eigenvalue weighted by Crippen LogP contribution is -2.43. The van der Waals surface area contributed by atoms with Crippen molar-refractivity contribution < 1.29 is 13.7 Å². The number of piperidine rings is 1. The highest BCUT2D eigenvalue weighted by Crippen LogP contribution is 2.30. The number of aromatic nitrogens is 1. The zero-order chi connectivity index (χ0) is 14.7. The van der Waals surface area contributed by atoms with Gasteiger partial charge in [0.1, 0.15) is 12.1 Å². The molecule has 1 aromatic carbocycles. The van der Waals surface area contributed by atoms with Crippen molar-refractivity contribution in [1.82, 2.24) is 5.16 Å². The highest BCUT2D eigenvalue weighted by molar-refractivity contribution is 7.99. The van der Waals surface area contributed by atoms with Gasteiger partial charge in [-0.2, -0.15) is 0 Å². The maximum absolute atomic E-state index is 13.9. The molecular weight excluding hydrogens is 291 g/mol. The van der Waals surface area contributed by atoms with Crippen LogP contribution in [0.2, 0.25) is 0 Å². The van der Waals surface area contributed by atoms with Crippen LogP contribution in [0.3, 0.4) is 0 Å². The second kappa shape index (κ2) is 6.30. The minimum Gasteiger partial charge on any atom is -0.364 e. The Morgan fingerprint density at radius 1 is 1.38 bits per heavy atom. The van der Waals surface area contributed by atoms with Crippen LogP contribution in [0.4, 0.5) is 10.1 Å². The predicted molar refractivity (Wildman–Crippen MR) is 79.6 cm³/mol. The smallest absolute Gasteiger partial charge is 0.240 e. The minimum atomic E-state index is -0.354. The fraction of sp³-hybridized carbons (Fsp3) is 0.333. The number of halogens is 1. The van der Waals surface area contributed by atoms with Gasteiger partial charge in [0.25, 0.3) is 0 Å². The van der Waals surface area contributed by atoms with Crippen molar-refractivity contribution in [3.63, 3.8) is 0 Å². The zero-order valence-corrected chi connectivity index (χ0v) is 12.2. The molecule has 2 heterocycles. The summed E-state index contributed by atoms with van der Waals surface area (Å²) in [6.07, 6.45) is 3.20. The van der Waals surface area contributed by atoms with E-state index in [2.05, 4.69) is 5.16 Å². The molecule has 3 rings (SSSR count). The van der Waals surface area contributed by atoms with Crippen LogP contribution in [0.1, 0.15) is 18.5 Å². The Morgan fingerprint density at radius 2 is 2.24 bits per heavy atom. The summed E-state index contributed by atoms with van der Waals surface area (Å²) in [7, 11) is 0. The first-order valence-electron chi connectivity index (χ1n) is 6.82. The van der Waals surface area contributed by atoms with E-state index in [9.17, 15) is 9.18 Å². The van der Waals surface area contributed by atoms with Gasteiger partial charge in [0.2, 0.25) is 5.91 Å². The Balaban J connectivity index is 1.70. The second-order valence-corrected chi connectivity index (χ2v) is 6.06. The maximum Gasteiger partial charge on any atom is 0.240 e. The van der Waals surface area contributed by atoms with E-state index in [0.717, 1.165) is 18.5 Å². The van der Waals surface area contributed by atoms with Gasteiger partial charge in [-0.05, 0) is 25.0 Å². The summed E-state index contributed by atoms with van der Waals surface area (Å²) in [5.74, 6) is 0.241. The van der Waals surface area contributed by atoms with Crippen LogP contribution in [-0.4, -0.2) is 22.9 Å². The highest BCUT2D eigenvalue weighted by Gasteiger charge is 2.31. The lowest BCUT2D eigenvalue weighted by atomic mass is 10.1. The van der Waals surface area contributed by atoms with Crippen molar-refractivity contribution in [2.45, 2.75) is 23.8 Å². The number of carbonyl (C=O) groups is 1. The number of hydrogen-bond acceptors (Lipinski definition) is 4. The Morgan fingerprint density at radius 3 is 3.00 bits per heavy atom. The molecule has 2 aromatic rings. The average Bonchev–Trinajstić information content (AvgIpc) is 3.00. The van der Waals surface area contributed by atoms with Crippen molar-refractivity contribution in [3.05, 3.63) is 48.1 Å². The van der Waals surface area contributed by atoms with Gasteiger partial charge in [-0.15, -0.1) is 11.8 Å². The van der Waals surface area contributed by atoms with Crippen LogP contribution in [0.25, 0.3) is 0 Å². The molecule has 1 amide bonds. The first-order chi connectivity index (χ1) is 10.3. The summed E-state index contributed by atoms with van der Waals surface area (Å²) in [6.45, 7) is 0.570. The monoisotopic (exact) mass is 306 g/mol. The largest absolute Gasteiger partial charge is 0.364 e. The Hall–Kier alpha value is -1.82. The fourth-order valence-corrected chi connectivity index (χ4v) is 3.53. The maximum atomic E-state index is 13.9. The van der Waals surface area contributed by atoms with E-state index in [4.69, 9.17) is 4.52 Å². The standard InChI is InChI=1S/C15H15FN2O2S/c16-12-4-1-2-5-13(12)18-8-3-6-14(15(18)19)21-10-11-7-9-20-17-11/h1-2,4-5,7,9,14H,3,6,8,10H2/t14-/m1/s1. The predicted octanol–water partition coefficient (Wildman–Crippen LogP) is 3.24. The third-order valence-corrected chi connectivity index (χ3v) is 4.76. The molecule has 0 aliphatic carbocycles. The molecule has 6 heteroatoms. The van der Waals surface area contributed by atoms with Crippen molar-refractivity contribution in [2.75, 3.05) is 11.4 Å². The highest BCUT2D eigenvalue weighted by atomic mass is 32.2. The Kier molecular flexibility index (Phi) is 4.24. The van der Waals surface area contributed by atoms with E-state index in [-0.39, 0.29) is 17.0 Å². The number of thioether (sulfide) groups is 1. The molecule has 1 aromatic heterocycles.